The molecule has 0 bridgehead atoms. The Morgan fingerprint density at radius 3 is 2.09 bits per heavy atom. The first kappa shape index (κ1) is 30.7. The van der Waals surface area contributed by atoms with Crippen molar-refractivity contribution in [3.8, 4) is 0 Å². The number of aromatic nitrogens is 2. The van der Waals surface area contributed by atoms with E-state index in [0.717, 1.165) is 33.2 Å². The van der Waals surface area contributed by atoms with Crippen LogP contribution in [0.25, 0.3) is 24.3 Å². The fraction of sp³-hybridized carbons (Fsp3) is 0.242. The Bertz CT molecular complexity index is 1860. The number of hydrogen-bond acceptors (Lipinski definition) is 6. The molecule has 2 aliphatic rings. The summed E-state index contributed by atoms with van der Waals surface area (Å²) < 4.78 is 0. The third-order valence-corrected chi connectivity index (χ3v) is 7.85. The number of H-pyrrole nitrogens is 2. The first-order valence-electron chi connectivity index (χ1n) is 13.7. The molecule has 0 saturated carbocycles. The van der Waals surface area contributed by atoms with Crippen LogP contribution in [0.15, 0.2) is 52.2 Å². The number of allylic oxidation sites excluding steroid dienone is 2. The fourth-order valence-electron chi connectivity index (χ4n) is 5.33. The van der Waals surface area contributed by atoms with Gasteiger partial charge in [-0.05, 0) is 99.4 Å². The van der Waals surface area contributed by atoms with Crippen LogP contribution in [0.2, 0.25) is 0 Å². The lowest BCUT2D eigenvalue weighted by Crippen LogP contribution is -2.22. The van der Waals surface area contributed by atoms with E-state index in [1.807, 2.05) is 26.8 Å². The van der Waals surface area contributed by atoms with Gasteiger partial charge in [0.2, 0.25) is 0 Å². The molecule has 4 heterocycles. The molecule has 0 aliphatic carbocycles. The van der Waals surface area contributed by atoms with Crippen LogP contribution in [0.3, 0.4) is 0 Å². The van der Waals surface area contributed by atoms with Gasteiger partial charge >= 0.3 is 0 Å². The molecule has 0 saturated heterocycles. The highest BCUT2D eigenvalue weighted by Crippen LogP contribution is 2.29. The number of carbonyl (C=O) groups is 4. The molecule has 2 amide bonds. The molecule has 0 fully saturated rings. The lowest BCUT2D eigenvalue weighted by Gasteiger charge is -2.08. The van der Waals surface area contributed by atoms with Crippen LogP contribution in [0.4, 0.5) is 0 Å². The van der Waals surface area contributed by atoms with E-state index < -0.39 is 11.9 Å². The van der Waals surface area contributed by atoms with Crippen molar-refractivity contribution in [3.05, 3.63) is 91.6 Å². The Balaban J connectivity index is 1.85. The number of hydrogen-bond donors (Lipinski definition) is 3. The third kappa shape index (κ3) is 6.18. The molecule has 2 aromatic rings. The van der Waals surface area contributed by atoms with Gasteiger partial charge in [0.05, 0.1) is 5.71 Å². The smallest absolute Gasteiger partial charge is 0.277 e. The van der Waals surface area contributed by atoms with Crippen LogP contribution < -0.4 is 26.2 Å². The average molecular weight is 581 g/mol. The third-order valence-electron chi connectivity index (χ3n) is 7.85. The summed E-state index contributed by atoms with van der Waals surface area (Å²) >= 11 is 0. The first-order chi connectivity index (χ1) is 20.4. The molecule has 2 aliphatic heterocycles. The zero-order valence-electron chi connectivity index (χ0n) is 24.5. The van der Waals surface area contributed by atoms with Gasteiger partial charge in [-0.15, -0.1) is 0 Å². The summed E-state index contributed by atoms with van der Waals surface area (Å²) in [5.41, 5.74) is 7.67. The van der Waals surface area contributed by atoms with Crippen LogP contribution >= 0.6 is 0 Å². The van der Waals surface area contributed by atoms with Gasteiger partial charge in [0, 0.05) is 56.4 Å². The minimum absolute atomic E-state index is 0.108. The fourth-order valence-corrected chi connectivity index (χ4v) is 5.33. The van der Waals surface area contributed by atoms with Crippen LogP contribution in [-0.4, -0.2) is 39.4 Å². The number of amides is 2. The van der Waals surface area contributed by atoms with Crippen LogP contribution in [-0.2, 0) is 25.6 Å². The van der Waals surface area contributed by atoms with Crippen LogP contribution in [0.5, 0.6) is 0 Å². The van der Waals surface area contributed by atoms with Gasteiger partial charge < -0.3 is 35.1 Å². The molecule has 2 aromatic heterocycles. The Labute approximate surface area is 248 Å². The predicted octanol–water partition coefficient (Wildman–Crippen LogP) is 0.695. The standard InChI is InChI=1S/C33H34N4O6/c1-7-20-16(3)24(34-27(20)14-26-17(4)21(8-2)33(43)36-26)13-25-18(5)22(9-11-30(38)39)28(35-25)15-29-23(10-12-31(40)41)19(6)32(42)37-29/h7-8,13-15,34-35H,1-2,9-12H2,3-6H3,(H,37,42)(H,38,39)(H,40,41)/p-2/b24-13+,27-14+,29-15+. The quantitative estimate of drug-likeness (QED) is 0.353. The second kappa shape index (κ2) is 12.3. The molecule has 10 nitrogen and oxygen atoms in total. The van der Waals surface area contributed by atoms with Gasteiger partial charge in [0.25, 0.3) is 11.8 Å². The lowest BCUT2D eigenvalue weighted by atomic mass is 10.0. The molecule has 3 N–H and O–H groups in total. The minimum Gasteiger partial charge on any atom is -0.550 e. The number of nitrogens with zero attached hydrogens (tertiary/aromatic N) is 1. The van der Waals surface area contributed by atoms with Crippen LogP contribution in [0, 0.1) is 13.8 Å². The maximum Gasteiger partial charge on any atom is 0.277 e. The van der Waals surface area contributed by atoms with Crippen molar-refractivity contribution >= 4 is 53.8 Å². The maximum atomic E-state index is 12.4. The van der Waals surface area contributed by atoms with E-state index >= 15 is 0 Å². The monoisotopic (exact) mass is 580 g/mol. The Morgan fingerprint density at radius 2 is 1.49 bits per heavy atom. The number of nitrogens with one attached hydrogen (secondary N) is 3. The molecule has 0 atom stereocenters. The van der Waals surface area contributed by atoms with Crippen molar-refractivity contribution in [1.82, 2.24) is 15.3 Å². The van der Waals surface area contributed by atoms with Gasteiger partial charge in [0.15, 0.2) is 0 Å². The molecule has 222 valence electrons. The SMILES string of the molecule is C=CC1=C(C)C(/C=c2/[nH]/c(=C/c3[nH]c(/C=C4/NC(=O)C(C)=C4CCC(=O)[O-])c(CCC(=O)[O-])c3C)c(C)c2C=C)=NC1=O. The van der Waals surface area contributed by atoms with Crippen molar-refractivity contribution in [2.24, 2.45) is 4.99 Å². The number of carbonyl (C=O) groups excluding carboxylic acids is 4. The molecule has 10 heteroatoms. The summed E-state index contributed by atoms with van der Waals surface area (Å²) in [5, 5.41) is 26.7. The molecule has 0 radical (unpaired) electrons. The van der Waals surface area contributed by atoms with Gasteiger partial charge in [-0.1, -0.05) is 25.3 Å². The number of aliphatic imine (C=N–C) groups is 1. The van der Waals surface area contributed by atoms with Crippen molar-refractivity contribution in [2.45, 2.75) is 53.4 Å². The number of carboxylic acid groups (broad SMARTS) is 2. The zero-order valence-corrected chi connectivity index (χ0v) is 24.5. The topological polar surface area (TPSA) is 170 Å². The summed E-state index contributed by atoms with van der Waals surface area (Å²) in [6.07, 6.45) is 8.42. The van der Waals surface area contributed by atoms with Crippen molar-refractivity contribution in [2.75, 3.05) is 0 Å². The lowest BCUT2D eigenvalue weighted by molar-refractivity contribution is -0.307. The summed E-state index contributed by atoms with van der Waals surface area (Å²) in [4.78, 5) is 57.9. The van der Waals surface area contributed by atoms with Gasteiger partial charge in [-0.2, -0.15) is 0 Å². The van der Waals surface area contributed by atoms with E-state index in [2.05, 4.69) is 33.4 Å². The van der Waals surface area contributed by atoms with E-state index in [-0.39, 0.29) is 37.5 Å². The highest BCUT2D eigenvalue weighted by Gasteiger charge is 2.25. The number of rotatable bonds is 11. The van der Waals surface area contributed by atoms with Crippen molar-refractivity contribution in [1.29, 1.82) is 0 Å². The zero-order chi connectivity index (χ0) is 31.6. The minimum atomic E-state index is -1.22. The van der Waals surface area contributed by atoms with E-state index in [4.69, 9.17) is 0 Å². The van der Waals surface area contributed by atoms with E-state index in [1.54, 1.807) is 25.2 Å². The largest absolute Gasteiger partial charge is 0.550 e. The van der Waals surface area contributed by atoms with Gasteiger partial charge in [-0.3, -0.25) is 9.59 Å². The molecule has 0 aromatic carbocycles. The Hall–Kier alpha value is -5.25. The van der Waals surface area contributed by atoms with Gasteiger partial charge in [0.1, 0.15) is 0 Å². The highest BCUT2D eigenvalue weighted by atomic mass is 16.4. The average Bonchev–Trinajstić information content (AvgIpc) is 3.59. The highest BCUT2D eigenvalue weighted by molar-refractivity contribution is 6.31. The summed E-state index contributed by atoms with van der Waals surface area (Å²) in [5.74, 6) is -3.09. The molecular weight excluding hydrogens is 548 g/mol. The van der Waals surface area contributed by atoms with E-state index in [1.165, 1.54) is 6.08 Å². The first-order valence-corrected chi connectivity index (χ1v) is 13.7. The number of carboxylic acids is 2. The van der Waals surface area contributed by atoms with Crippen molar-refractivity contribution < 1.29 is 29.4 Å². The van der Waals surface area contributed by atoms with Gasteiger partial charge in [-0.25, -0.2) is 4.99 Å². The maximum absolute atomic E-state index is 12.4. The second-order valence-electron chi connectivity index (χ2n) is 10.4. The molecule has 43 heavy (non-hydrogen) atoms. The Morgan fingerprint density at radius 1 is 0.814 bits per heavy atom. The summed E-state index contributed by atoms with van der Waals surface area (Å²) in [7, 11) is 0. The molecular formula is C33H32N4O6-2. The number of aliphatic carboxylic acids is 2. The second-order valence-corrected chi connectivity index (χ2v) is 10.4. The van der Waals surface area contributed by atoms with E-state index in [0.29, 0.717) is 44.9 Å². The van der Waals surface area contributed by atoms with E-state index in [9.17, 15) is 29.4 Å². The predicted molar refractivity (Wildman–Crippen MR) is 160 cm³/mol. The molecule has 0 spiro atoms. The summed E-state index contributed by atoms with van der Waals surface area (Å²) in [6, 6.07) is 0. The normalized spacial score (nSPS) is 16.9. The number of aromatic amines is 2. The summed E-state index contributed by atoms with van der Waals surface area (Å²) in [6.45, 7) is 14.9. The van der Waals surface area contributed by atoms with Crippen LogP contribution in [0.1, 0.15) is 66.8 Å². The Kier molecular flexibility index (Phi) is 8.80. The molecule has 0 unspecified atom stereocenters. The van der Waals surface area contributed by atoms with Crippen molar-refractivity contribution in [3.63, 3.8) is 0 Å². The molecule has 4 rings (SSSR count).